The van der Waals surface area contributed by atoms with Crippen LogP contribution in [-0.4, -0.2) is 29.8 Å². The summed E-state index contributed by atoms with van der Waals surface area (Å²) >= 11 is 6.77. The number of methoxy groups -OCH3 is 1. The predicted octanol–water partition coefficient (Wildman–Crippen LogP) is 6.78. The lowest BCUT2D eigenvalue weighted by atomic mass is 9.96. The zero-order valence-electron chi connectivity index (χ0n) is 24.2. The van der Waals surface area contributed by atoms with E-state index in [9.17, 15) is 10.4 Å². The van der Waals surface area contributed by atoms with E-state index in [0.29, 0.717) is 40.6 Å². The lowest BCUT2D eigenvalue weighted by molar-refractivity contribution is 0.158. The minimum absolute atomic E-state index is 0.0155. The van der Waals surface area contributed by atoms with Crippen LogP contribution in [0.1, 0.15) is 47.8 Å². The Labute approximate surface area is 255 Å². The number of nitrogens with zero attached hydrogens (tertiary/aromatic N) is 2. The molecule has 3 aromatic carbocycles. The zero-order chi connectivity index (χ0) is 30.5. The van der Waals surface area contributed by atoms with Crippen LogP contribution in [0.5, 0.6) is 17.2 Å². The molecule has 4 aromatic rings. The van der Waals surface area contributed by atoms with Crippen LogP contribution < -0.4 is 19.5 Å². The summed E-state index contributed by atoms with van der Waals surface area (Å²) in [6, 6.07) is 18.3. The van der Waals surface area contributed by atoms with E-state index in [4.69, 9.17) is 25.8 Å². The summed E-state index contributed by atoms with van der Waals surface area (Å²) in [6.45, 7) is 4.56. The molecule has 0 aliphatic heterocycles. The van der Waals surface area contributed by atoms with Crippen LogP contribution >= 0.6 is 11.6 Å². The Balaban J connectivity index is 1.46. The lowest BCUT2D eigenvalue weighted by Crippen LogP contribution is -2.28. The SMILES string of the molecule is COc1cccc(-c2cccc3c2CC(C)[C@@H]3Oc2cc(OCc3cncc(C#N)c3)c(CN[C@H](C)CO)cc2Cl)c1F. The molecule has 0 spiro atoms. The summed E-state index contributed by atoms with van der Waals surface area (Å²) in [5, 5.41) is 22.4. The molecule has 1 unspecified atom stereocenters. The summed E-state index contributed by atoms with van der Waals surface area (Å²) in [5.41, 5.74) is 5.29. The molecule has 1 aliphatic carbocycles. The van der Waals surface area contributed by atoms with E-state index in [1.807, 2.05) is 25.1 Å². The molecule has 1 heterocycles. The molecule has 3 atom stereocenters. The third-order valence-corrected chi connectivity index (χ3v) is 7.93. The van der Waals surface area contributed by atoms with Crippen LogP contribution in [0.4, 0.5) is 4.39 Å². The molecule has 0 saturated heterocycles. The quantitative estimate of drug-likeness (QED) is 0.195. The average molecular weight is 602 g/mol. The second kappa shape index (κ2) is 13.4. The number of aliphatic hydroxyl groups is 1. The smallest absolute Gasteiger partial charge is 0.172 e. The average Bonchev–Trinajstić information content (AvgIpc) is 3.35. The molecule has 1 aromatic heterocycles. The van der Waals surface area contributed by atoms with Crippen molar-refractivity contribution in [2.45, 2.75) is 45.6 Å². The minimum Gasteiger partial charge on any atom is -0.494 e. The highest BCUT2D eigenvalue weighted by atomic mass is 35.5. The molecular weight excluding hydrogens is 569 g/mol. The van der Waals surface area contributed by atoms with Gasteiger partial charge in [-0.25, -0.2) is 4.39 Å². The van der Waals surface area contributed by atoms with Gasteiger partial charge in [0.1, 0.15) is 30.3 Å². The number of fused-ring (bicyclic) bond motifs is 1. The third-order valence-electron chi connectivity index (χ3n) is 7.64. The maximum Gasteiger partial charge on any atom is 0.172 e. The molecule has 9 heteroatoms. The number of hydrogen-bond donors (Lipinski definition) is 2. The first kappa shape index (κ1) is 30.3. The van der Waals surface area contributed by atoms with E-state index < -0.39 is 5.82 Å². The largest absolute Gasteiger partial charge is 0.494 e. The first-order valence-corrected chi connectivity index (χ1v) is 14.5. The molecule has 1 aliphatic rings. The Morgan fingerprint density at radius 2 is 1.91 bits per heavy atom. The maximum atomic E-state index is 15.2. The van der Waals surface area contributed by atoms with Gasteiger partial charge in [-0.2, -0.15) is 5.26 Å². The molecule has 43 heavy (non-hydrogen) atoms. The first-order valence-electron chi connectivity index (χ1n) is 14.1. The van der Waals surface area contributed by atoms with Gasteiger partial charge < -0.3 is 24.6 Å². The number of benzene rings is 3. The lowest BCUT2D eigenvalue weighted by Gasteiger charge is -2.22. The predicted molar refractivity (Wildman–Crippen MR) is 163 cm³/mol. The number of halogens is 2. The monoisotopic (exact) mass is 601 g/mol. The molecule has 5 rings (SSSR count). The number of nitriles is 1. The Kier molecular flexibility index (Phi) is 9.46. The number of pyridine rings is 1. The highest BCUT2D eigenvalue weighted by Gasteiger charge is 2.34. The summed E-state index contributed by atoms with van der Waals surface area (Å²) in [7, 11) is 1.46. The first-order chi connectivity index (χ1) is 20.8. The topological polar surface area (TPSA) is 96.6 Å². The van der Waals surface area contributed by atoms with Gasteiger partial charge in [0, 0.05) is 53.7 Å². The van der Waals surface area contributed by atoms with Crippen LogP contribution in [0.2, 0.25) is 5.02 Å². The number of ether oxygens (including phenoxy) is 3. The van der Waals surface area contributed by atoms with Crippen LogP contribution in [-0.2, 0) is 19.6 Å². The Morgan fingerprint density at radius 1 is 1.12 bits per heavy atom. The van der Waals surface area contributed by atoms with Gasteiger partial charge >= 0.3 is 0 Å². The van der Waals surface area contributed by atoms with Crippen molar-refractivity contribution in [3.8, 4) is 34.4 Å². The summed E-state index contributed by atoms with van der Waals surface area (Å²) in [6.07, 6.45) is 3.54. The van der Waals surface area contributed by atoms with Gasteiger partial charge in [0.2, 0.25) is 0 Å². The van der Waals surface area contributed by atoms with Crippen molar-refractivity contribution in [3.05, 3.63) is 106 Å². The van der Waals surface area contributed by atoms with E-state index in [1.165, 1.54) is 13.3 Å². The van der Waals surface area contributed by atoms with Gasteiger partial charge in [0.15, 0.2) is 11.6 Å². The van der Waals surface area contributed by atoms with Crippen LogP contribution in [0.25, 0.3) is 11.1 Å². The molecule has 0 radical (unpaired) electrons. The summed E-state index contributed by atoms with van der Waals surface area (Å²) in [5.74, 6) is 0.915. The van der Waals surface area contributed by atoms with Crippen molar-refractivity contribution in [2.24, 2.45) is 5.92 Å². The highest BCUT2D eigenvalue weighted by Crippen LogP contribution is 2.46. The van der Waals surface area contributed by atoms with Gasteiger partial charge in [-0.05, 0) is 48.2 Å². The molecular formula is C34H33ClFN3O4. The van der Waals surface area contributed by atoms with Crippen molar-refractivity contribution in [3.63, 3.8) is 0 Å². The van der Waals surface area contributed by atoms with Gasteiger partial charge in [0.05, 0.1) is 24.3 Å². The van der Waals surface area contributed by atoms with Crippen molar-refractivity contribution in [1.82, 2.24) is 10.3 Å². The van der Waals surface area contributed by atoms with E-state index in [-0.39, 0.29) is 37.0 Å². The van der Waals surface area contributed by atoms with Gasteiger partial charge in [-0.3, -0.25) is 4.98 Å². The maximum absolute atomic E-state index is 15.2. The number of aliphatic hydroxyl groups excluding tert-OH is 1. The molecule has 0 bridgehead atoms. The van der Waals surface area contributed by atoms with E-state index in [0.717, 1.165) is 27.8 Å². The van der Waals surface area contributed by atoms with Crippen molar-refractivity contribution in [1.29, 1.82) is 5.26 Å². The fourth-order valence-corrected chi connectivity index (χ4v) is 5.59. The van der Waals surface area contributed by atoms with Gasteiger partial charge in [-0.1, -0.05) is 48.9 Å². The van der Waals surface area contributed by atoms with E-state index in [2.05, 4.69) is 23.3 Å². The minimum atomic E-state index is -0.393. The number of rotatable bonds is 11. The number of hydrogen-bond acceptors (Lipinski definition) is 7. The van der Waals surface area contributed by atoms with E-state index in [1.54, 1.807) is 42.6 Å². The summed E-state index contributed by atoms with van der Waals surface area (Å²) in [4.78, 5) is 4.12. The van der Waals surface area contributed by atoms with Crippen LogP contribution in [0.3, 0.4) is 0 Å². The normalized spacial score (nSPS) is 16.3. The fraction of sp³-hybridized carbons (Fsp3) is 0.294. The van der Waals surface area contributed by atoms with E-state index >= 15 is 4.39 Å². The molecule has 2 N–H and O–H groups in total. The molecule has 0 amide bonds. The Bertz CT molecular complexity index is 1660. The standard InChI is InChI=1S/C34H33ClFN3O4/c1-20-10-28-25(26-7-5-9-30(41-3)33(26)36)6-4-8-27(28)34(20)43-32-13-31(24(12-29(32)35)17-39-21(2)18-40)42-19-23-11-22(14-37)15-38-16-23/h4-9,11-13,15-16,20-21,34,39-40H,10,17-19H2,1-3H3/t20?,21-,34+/m1/s1. The second-order valence-electron chi connectivity index (χ2n) is 10.8. The molecule has 0 saturated carbocycles. The van der Waals surface area contributed by atoms with Crippen LogP contribution in [0.15, 0.2) is 67.0 Å². The fourth-order valence-electron chi connectivity index (χ4n) is 5.36. The second-order valence-corrected chi connectivity index (χ2v) is 11.2. The number of aromatic nitrogens is 1. The Hall–Kier alpha value is -4.16. The van der Waals surface area contributed by atoms with Gasteiger partial charge in [-0.15, -0.1) is 0 Å². The van der Waals surface area contributed by atoms with Crippen LogP contribution in [0, 0.1) is 23.1 Å². The third kappa shape index (κ3) is 6.60. The molecule has 7 nitrogen and oxygen atoms in total. The number of nitrogens with one attached hydrogen (secondary N) is 1. The molecule has 0 fully saturated rings. The van der Waals surface area contributed by atoms with Gasteiger partial charge in [0.25, 0.3) is 0 Å². The Morgan fingerprint density at radius 3 is 2.67 bits per heavy atom. The van der Waals surface area contributed by atoms with Crippen molar-refractivity contribution >= 4 is 11.6 Å². The van der Waals surface area contributed by atoms with Crippen molar-refractivity contribution < 1.29 is 23.7 Å². The highest BCUT2D eigenvalue weighted by molar-refractivity contribution is 6.32. The van der Waals surface area contributed by atoms with Crippen molar-refractivity contribution in [2.75, 3.05) is 13.7 Å². The zero-order valence-corrected chi connectivity index (χ0v) is 25.0. The molecule has 222 valence electrons. The summed E-state index contributed by atoms with van der Waals surface area (Å²) < 4.78 is 33.3.